The number of hydrogen-bond acceptors (Lipinski definition) is 4. The zero-order chi connectivity index (χ0) is 32.0. The fourth-order valence-electron chi connectivity index (χ4n) is 7.64. The molecule has 3 heterocycles. The highest BCUT2D eigenvalue weighted by molar-refractivity contribution is 7.19. The predicted molar refractivity (Wildman–Crippen MR) is 199 cm³/mol. The Morgan fingerprint density at radius 1 is 0.574 bits per heavy atom. The van der Waals surface area contributed by atoms with Crippen molar-refractivity contribution in [1.82, 2.24) is 9.88 Å². The smallest absolute Gasteiger partial charge is 0.201 e. The molecule has 4 nitrogen and oxygen atoms in total. The summed E-state index contributed by atoms with van der Waals surface area (Å²) >= 11 is 0. The van der Waals surface area contributed by atoms with Crippen LogP contribution in [0.1, 0.15) is 25.0 Å². The molecule has 2 aliphatic rings. The molecule has 0 saturated carbocycles. The minimum Gasteiger partial charge on any atom is -0.361 e. The zero-order valence-electron chi connectivity index (χ0n) is 27.1. The van der Waals surface area contributed by atoms with E-state index in [1.165, 1.54) is 43.7 Å². The van der Waals surface area contributed by atoms with E-state index in [4.69, 9.17) is 4.98 Å². The maximum Gasteiger partial charge on any atom is 0.201 e. The molecular weight excluding hydrogens is 589 g/mol. The zero-order valence-corrected chi connectivity index (χ0v) is 28.1. The van der Waals surface area contributed by atoms with Crippen molar-refractivity contribution in [3.05, 3.63) is 175 Å². The molecule has 0 radical (unpaired) electrons. The molecule has 5 aromatic carbocycles. The first-order chi connectivity index (χ1) is 23.0. The van der Waals surface area contributed by atoms with Crippen LogP contribution in [0, 0.1) is 0 Å². The van der Waals surface area contributed by atoms with Gasteiger partial charge in [-0.15, -0.1) is 0 Å². The lowest BCUT2D eigenvalue weighted by atomic mass is 9.73. The van der Waals surface area contributed by atoms with Gasteiger partial charge in [0.15, 0.2) is 0 Å². The van der Waals surface area contributed by atoms with Crippen LogP contribution in [0.2, 0.25) is 0 Å². The van der Waals surface area contributed by atoms with Gasteiger partial charge in [-0.1, -0.05) is 117 Å². The summed E-state index contributed by atoms with van der Waals surface area (Å²) in [5.41, 5.74) is 7.22. The fourth-order valence-corrected chi connectivity index (χ4v) is 12.2. The van der Waals surface area contributed by atoms with Crippen LogP contribution in [0.3, 0.4) is 0 Å². The van der Waals surface area contributed by atoms with Gasteiger partial charge in [-0.3, -0.25) is 4.98 Å². The molecule has 0 atom stereocenters. The minimum absolute atomic E-state index is 0.187. The van der Waals surface area contributed by atoms with Gasteiger partial charge in [0.05, 0.1) is 18.0 Å². The van der Waals surface area contributed by atoms with Gasteiger partial charge >= 0.3 is 0 Å². The summed E-state index contributed by atoms with van der Waals surface area (Å²) in [5, 5.41) is 5.08. The van der Waals surface area contributed by atoms with Crippen molar-refractivity contribution in [2.75, 3.05) is 23.5 Å². The third kappa shape index (κ3) is 4.69. The van der Waals surface area contributed by atoms with E-state index in [-0.39, 0.29) is 5.41 Å². The third-order valence-corrected chi connectivity index (χ3v) is 14.6. The van der Waals surface area contributed by atoms with E-state index in [0.717, 1.165) is 17.7 Å². The molecule has 0 aliphatic carbocycles. The summed E-state index contributed by atoms with van der Waals surface area (Å²) in [4.78, 5) is 12.1. The van der Waals surface area contributed by atoms with Crippen LogP contribution in [0.5, 0.6) is 0 Å². The lowest BCUT2D eigenvalue weighted by molar-refractivity contribution is 0.496. The summed E-state index contributed by atoms with van der Waals surface area (Å²) < 4.78 is 0. The number of nitrogens with zero attached hydrogens (tertiary/aromatic N) is 4. The van der Waals surface area contributed by atoms with Crippen LogP contribution >= 0.6 is 0 Å². The average molecular weight is 627 g/mol. The van der Waals surface area contributed by atoms with Crippen molar-refractivity contribution in [2.24, 2.45) is 0 Å². The molecule has 0 amide bonds. The maximum absolute atomic E-state index is 5.13. The van der Waals surface area contributed by atoms with Crippen LogP contribution in [0.15, 0.2) is 164 Å². The maximum atomic E-state index is 5.13. The van der Waals surface area contributed by atoms with Gasteiger partial charge in [0.1, 0.15) is 0 Å². The van der Waals surface area contributed by atoms with Crippen LogP contribution in [0.4, 0.5) is 22.7 Å². The second-order valence-electron chi connectivity index (χ2n) is 13.1. The van der Waals surface area contributed by atoms with Crippen LogP contribution in [-0.2, 0) is 5.41 Å². The molecule has 5 heteroatoms. The summed E-state index contributed by atoms with van der Waals surface area (Å²) in [6.07, 6.45) is 6.23. The van der Waals surface area contributed by atoms with Crippen molar-refractivity contribution in [2.45, 2.75) is 19.3 Å². The first kappa shape index (κ1) is 29.0. The highest BCUT2D eigenvalue weighted by Crippen LogP contribution is 2.51. The van der Waals surface area contributed by atoms with Gasteiger partial charge in [-0.25, -0.2) is 0 Å². The summed E-state index contributed by atoms with van der Waals surface area (Å²) in [6.45, 7) is 5.56. The second kappa shape index (κ2) is 11.4. The monoisotopic (exact) mass is 626 g/mol. The van der Waals surface area contributed by atoms with Crippen molar-refractivity contribution in [1.29, 1.82) is 0 Å². The van der Waals surface area contributed by atoms with E-state index >= 15 is 0 Å². The number of para-hydroxylation sites is 1. The summed E-state index contributed by atoms with van der Waals surface area (Å²) in [5.74, 6) is 0. The molecule has 0 bridgehead atoms. The Morgan fingerprint density at radius 2 is 1.23 bits per heavy atom. The van der Waals surface area contributed by atoms with Crippen molar-refractivity contribution in [3.8, 4) is 0 Å². The van der Waals surface area contributed by atoms with Gasteiger partial charge in [-0.2, -0.15) is 0 Å². The quantitative estimate of drug-likeness (QED) is 0.151. The Labute approximate surface area is 278 Å². The number of aromatic nitrogens is 1. The van der Waals surface area contributed by atoms with Crippen LogP contribution in [0.25, 0.3) is 0 Å². The van der Waals surface area contributed by atoms with Gasteiger partial charge < -0.3 is 14.7 Å². The van der Waals surface area contributed by atoms with E-state index in [0.29, 0.717) is 0 Å². The number of rotatable bonds is 6. The minimum atomic E-state index is -2.83. The van der Waals surface area contributed by atoms with Gasteiger partial charge in [0, 0.05) is 47.8 Å². The number of benzene rings is 5. The van der Waals surface area contributed by atoms with Crippen LogP contribution < -0.4 is 30.7 Å². The Kier molecular flexibility index (Phi) is 7.07. The fraction of sp³-hybridized carbons (Fsp3) is 0.119. The Hall–Kier alpha value is -5.39. The van der Waals surface area contributed by atoms with Gasteiger partial charge in [-0.05, 0) is 69.2 Å². The SMILES string of the molecule is CN1C=CN(c2cccc(N3c4ccccc4C(C)(C)c4ccc([Si](c5ccccc5)(c5ccccc5)c5ccccn5)cc43)c2)C1. The van der Waals surface area contributed by atoms with E-state index < -0.39 is 8.07 Å². The average Bonchev–Trinajstić information content (AvgIpc) is 3.56. The summed E-state index contributed by atoms with van der Waals surface area (Å²) in [7, 11) is -0.719. The third-order valence-electron chi connectivity index (χ3n) is 9.92. The van der Waals surface area contributed by atoms with Crippen LogP contribution in [-0.4, -0.2) is 31.7 Å². The van der Waals surface area contributed by atoms with E-state index in [1.807, 2.05) is 12.3 Å². The predicted octanol–water partition coefficient (Wildman–Crippen LogP) is 6.75. The molecule has 0 unspecified atom stereocenters. The second-order valence-corrected chi connectivity index (χ2v) is 16.8. The van der Waals surface area contributed by atoms with Gasteiger partial charge in [0.2, 0.25) is 8.07 Å². The van der Waals surface area contributed by atoms with E-state index in [2.05, 4.69) is 188 Å². The first-order valence-electron chi connectivity index (χ1n) is 16.3. The molecule has 47 heavy (non-hydrogen) atoms. The van der Waals surface area contributed by atoms with Gasteiger partial charge in [0.25, 0.3) is 0 Å². The topological polar surface area (TPSA) is 22.6 Å². The molecular formula is C42H38N4Si. The molecule has 1 aromatic heterocycles. The molecule has 2 aliphatic heterocycles. The number of pyridine rings is 1. The number of hydrogen-bond donors (Lipinski definition) is 0. The molecule has 8 rings (SSSR count). The molecule has 0 fully saturated rings. The highest BCUT2D eigenvalue weighted by atomic mass is 28.3. The van der Waals surface area contributed by atoms with E-state index in [1.54, 1.807) is 0 Å². The normalized spacial score (nSPS) is 15.0. The Morgan fingerprint density at radius 3 is 1.91 bits per heavy atom. The highest BCUT2D eigenvalue weighted by Gasteiger charge is 2.45. The molecule has 0 spiro atoms. The first-order valence-corrected chi connectivity index (χ1v) is 18.3. The molecule has 230 valence electrons. The lowest BCUT2D eigenvalue weighted by Crippen LogP contribution is -2.75. The lowest BCUT2D eigenvalue weighted by Gasteiger charge is -2.43. The van der Waals surface area contributed by atoms with Crippen molar-refractivity contribution in [3.63, 3.8) is 0 Å². The Balaban J connectivity index is 1.41. The van der Waals surface area contributed by atoms with Crippen molar-refractivity contribution >= 4 is 51.7 Å². The van der Waals surface area contributed by atoms with E-state index in [9.17, 15) is 0 Å². The molecule has 0 N–H and O–H groups in total. The summed E-state index contributed by atoms with van der Waals surface area (Å²) in [6, 6.07) is 53.6. The molecule has 6 aromatic rings. The standard InChI is InChI=1S/C42H38N4Si/c1-42(2)37-21-10-11-22-39(37)46(33-16-14-15-32(29-33)45-28-27-44(3)31-45)40-30-36(24-25-38(40)42)47(34-17-6-4-7-18-34,35-19-8-5-9-20-35)41-23-12-13-26-43-41/h4-30H,31H2,1-3H3. The largest absolute Gasteiger partial charge is 0.361 e. The number of fused-ring (bicyclic) bond motifs is 2. The Bertz CT molecular complexity index is 1980. The van der Waals surface area contributed by atoms with Crippen molar-refractivity contribution < 1.29 is 0 Å². The molecule has 0 saturated heterocycles. The number of anilines is 4.